The van der Waals surface area contributed by atoms with Crippen molar-refractivity contribution in [2.75, 3.05) is 13.2 Å². The fourth-order valence-electron chi connectivity index (χ4n) is 3.23. The van der Waals surface area contributed by atoms with Crippen molar-refractivity contribution < 1.29 is 9.26 Å². The lowest BCUT2D eigenvalue weighted by Crippen LogP contribution is -2.23. The number of nitrogens with zero attached hydrogens (tertiary/aromatic N) is 2. The van der Waals surface area contributed by atoms with Gasteiger partial charge in [0.2, 0.25) is 0 Å². The molecule has 1 saturated heterocycles. The Hall–Kier alpha value is -1.81. The molecule has 2 heterocycles. The summed E-state index contributed by atoms with van der Waals surface area (Å²) in [6.07, 6.45) is 2.34. The van der Waals surface area contributed by atoms with Crippen LogP contribution in [0.5, 0.6) is 5.75 Å². The van der Waals surface area contributed by atoms with E-state index in [0.29, 0.717) is 18.6 Å². The predicted molar refractivity (Wildman–Crippen MR) is 90.6 cm³/mol. The second kappa shape index (κ2) is 7.18. The number of aromatic nitrogens is 1. The standard InChI is InChI=1S/C19H26N2O2/c1-4-22-18-10-6-5-8-15(18)13-21-11-7-9-17(21)16-12-19(14(2)3)23-20-16/h5-6,8,10,12,14,17H,4,7,9,11,13H2,1-3H3. The normalized spacial score (nSPS) is 18.7. The van der Waals surface area contributed by atoms with Gasteiger partial charge in [0.05, 0.1) is 12.6 Å². The van der Waals surface area contributed by atoms with Gasteiger partial charge in [-0.1, -0.05) is 37.2 Å². The van der Waals surface area contributed by atoms with Crippen molar-refractivity contribution in [2.24, 2.45) is 0 Å². The predicted octanol–water partition coefficient (Wildman–Crippen LogP) is 4.53. The zero-order valence-electron chi connectivity index (χ0n) is 14.3. The SMILES string of the molecule is CCOc1ccccc1CN1CCCC1c1cc(C(C)C)on1. The molecule has 1 aliphatic heterocycles. The van der Waals surface area contributed by atoms with E-state index in [0.717, 1.165) is 36.7 Å². The van der Waals surface area contributed by atoms with E-state index in [1.807, 2.05) is 13.0 Å². The summed E-state index contributed by atoms with van der Waals surface area (Å²) in [5.74, 6) is 2.34. The zero-order chi connectivity index (χ0) is 16.2. The molecule has 1 aromatic carbocycles. The third-order valence-corrected chi connectivity index (χ3v) is 4.47. The molecule has 23 heavy (non-hydrogen) atoms. The van der Waals surface area contributed by atoms with Crippen molar-refractivity contribution in [3.8, 4) is 5.75 Å². The van der Waals surface area contributed by atoms with E-state index in [9.17, 15) is 0 Å². The summed E-state index contributed by atoms with van der Waals surface area (Å²) in [5.41, 5.74) is 2.31. The average molecular weight is 314 g/mol. The molecular weight excluding hydrogens is 288 g/mol. The van der Waals surface area contributed by atoms with Gasteiger partial charge < -0.3 is 9.26 Å². The van der Waals surface area contributed by atoms with Crippen LogP contribution >= 0.6 is 0 Å². The van der Waals surface area contributed by atoms with E-state index in [4.69, 9.17) is 9.26 Å². The summed E-state index contributed by atoms with van der Waals surface area (Å²) in [4.78, 5) is 2.49. The quantitative estimate of drug-likeness (QED) is 0.785. The Morgan fingerprint density at radius 3 is 2.91 bits per heavy atom. The van der Waals surface area contributed by atoms with Crippen molar-refractivity contribution in [2.45, 2.75) is 52.1 Å². The largest absolute Gasteiger partial charge is 0.494 e. The number of hydrogen-bond acceptors (Lipinski definition) is 4. The molecule has 4 nitrogen and oxygen atoms in total. The maximum Gasteiger partial charge on any atom is 0.139 e. The van der Waals surface area contributed by atoms with Crippen molar-refractivity contribution in [3.63, 3.8) is 0 Å². The Morgan fingerprint density at radius 2 is 2.17 bits per heavy atom. The molecule has 1 atom stereocenters. The first-order chi connectivity index (χ1) is 11.2. The van der Waals surface area contributed by atoms with Crippen LogP contribution in [0.25, 0.3) is 0 Å². The molecule has 1 unspecified atom stereocenters. The number of para-hydroxylation sites is 1. The molecule has 2 aromatic rings. The summed E-state index contributed by atoms with van der Waals surface area (Å²) >= 11 is 0. The van der Waals surface area contributed by atoms with Crippen LogP contribution in [0.15, 0.2) is 34.9 Å². The second-order valence-electron chi connectivity index (χ2n) is 6.48. The Labute approximate surface area is 138 Å². The molecule has 0 bridgehead atoms. The molecule has 0 aliphatic carbocycles. The summed E-state index contributed by atoms with van der Waals surface area (Å²) in [6.45, 7) is 8.98. The molecule has 0 radical (unpaired) electrons. The summed E-state index contributed by atoms with van der Waals surface area (Å²) in [6, 6.07) is 10.8. The summed E-state index contributed by atoms with van der Waals surface area (Å²) in [5, 5.41) is 4.32. The van der Waals surface area contributed by atoms with Crippen molar-refractivity contribution in [1.82, 2.24) is 10.1 Å². The average Bonchev–Trinajstić information content (AvgIpc) is 3.18. The van der Waals surface area contributed by atoms with Crippen molar-refractivity contribution in [1.29, 1.82) is 0 Å². The van der Waals surface area contributed by atoms with E-state index in [1.54, 1.807) is 0 Å². The minimum Gasteiger partial charge on any atom is -0.494 e. The fourth-order valence-corrected chi connectivity index (χ4v) is 3.23. The highest BCUT2D eigenvalue weighted by molar-refractivity contribution is 5.33. The Balaban J connectivity index is 1.76. The van der Waals surface area contributed by atoms with E-state index >= 15 is 0 Å². The number of ether oxygens (including phenoxy) is 1. The lowest BCUT2D eigenvalue weighted by molar-refractivity contribution is 0.231. The van der Waals surface area contributed by atoms with Gasteiger partial charge in [-0.15, -0.1) is 0 Å². The van der Waals surface area contributed by atoms with Crippen LogP contribution in [0.4, 0.5) is 0 Å². The van der Waals surface area contributed by atoms with Gasteiger partial charge in [0.15, 0.2) is 0 Å². The van der Waals surface area contributed by atoms with Gasteiger partial charge in [-0.3, -0.25) is 4.90 Å². The van der Waals surface area contributed by atoms with Gasteiger partial charge >= 0.3 is 0 Å². The maximum atomic E-state index is 5.76. The zero-order valence-corrected chi connectivity index (χ0v) is 14.3. The first-order valence-electron chi connectivity index (χ1n) is 8.60. The van der Waals surface area contributed by atoms with Gasteiger partial charge in [0.1, 0.15) is 17.2 Å². The number of likely N-dealkylation sites (tertiary alicyclic amines) is 1. The molecule has 0 amide bonds. The van der Waals surface area contributed by atoms with Crippen LogP contribution in [0.2, 0.25) is 0 Å². The highest BCUT2D eigenvalue weighted by Gasteiger charge is 2.29. The smallest absolute Gasteiger partial charge is 0.139 e. The highest BCUT2D eigenvalue weighted by Crippen LogP contribution is 2.35. The van der Waals surface area contributed by atoms with Gasteiger partial charge in [0, 0.05) is 24.1 Å². The number of hydrogen-bond donors (Lipinski definition) is 0. The van der Waals surface area contributed by atoms with E-state index in [-0.39, 0.29) is 0 Å². The number of rotatable bonds is 6. The van der Waals surface area contributed by atoms with E-state index < -0.39 is 0 Å². The molecular formula is C19H26N2O2. The third-order valence-electron chi connectivity index (χ3n) is 4.47. The molecule has 4 heteroatoms. The molecule has 0 spiro atoms. The van der Waals surface area contributed by atoms with Crippen molar-refractivity contribution >= 4 is 0 Å². The van der Waals surface area contributed by atoms with Crippen LogP contribution in [0, 0.1) is 0 Å². The lowest BCUT2D eigenvalue weighted by atomic mass is 10.1. The molecule has 124 valence electrons. The monoisotopic (exact) mass is 314 g/mol. The first kappa shape index (κ1) is 16.1. The summed E-state index contributed by atoms with van der Waals surface area (Å²) in [7, 11) is 0. The topological polar surface area (TPSA) is 38.5 Å². The molecule has 3 rings (SSSR count). The number of benzene rings is 1. The van der Waals surface area contributed by atoms with E-state index in [2.05, 4.69) is 48.2 Å². The molecule has 1 fully saturated rings. The van der Waals surface area contributed by atoms with Gasteiger partial charge in [-0.05, 0) is 32.4 Å². The molecule has 1 aromatic heterocycles. The molecule has 0 saturated carbocycles. The Bertz CT molecular complexity index is 636. The van der Waals surface area contributed by atoms with Crippen LogP contribution in [0.1, 0.15) is 62.6 Å². The van der Waals surface area contributed by atoms with Crippen LogP contribution in [0.3, 0.4) is 0 Å². The summed E-state index contributed by atoms with van der Waals surface area (Å²) < 4.78 is 11.3. The molecule has 1 aliphatic rings. The Morgan fingerprint density at radius 1 is 1.35 bits per heavy atom. The maximum absolute atomic E-state index is 5.76. The van der Waals surface area contributed by atoms with E-state index in [1.165, 1.54) is 12.0 Å². The second-order valence-corrected chi connectivity index (χ2v) is 6.48. The fraction of sp³-hybridized carbons (Fsp3) is 0.526. The Kier molecular flexibility index (Phi) is 5.01. The van der Waals surface area contributed by atoms with Crippen LogP contribution in [-0.2, 0) is 6.54 Å². The van der Waals surface area contributed by atoms with Gasteiger partial charge in [-0.2, -0.15) is 0 Å². The van der Waals surface area contributed by atoms with Crippen LogP contribution in [-0.4, -0.2) is 23.2 Å². The minimum absolute atomic E-state index is 0.348. The third kappa shape index (κ3) is 3.58. The van der Waals surface area contributed by atoms with Gasteiger partial charge in [-0.25, -0.2) is 0 Å². The lowest BCUT2D eigenvalue weighted by Gasteiger charge is -2.23. The first-order valence-corrected chi connectivity index (χ1v) is 8.60. The minimum atomic E-state index is 0.348. The van der Waals surface area contributed by atoms with Gasteiger partial charge in [0.25, 0.3) is 0 Å². The highest BCUT2D eigenvalue weighted by atomic mass is 16.5. The van der Waals surface area contributed by atoms with Crippen LogP contribution < -0.4 is 4.74 Å². The molecule has 0 N–H and O–H groups in total. The van der Waals surface area contributed by atoms with Crippen molar-refractivity contribution in [3.05, 3.63) is 47.3 Å².